The Morgan fingerprint density at radius 3 is 2.56 bits per heavy atom. The summed E-state index contributed by atoms with van der Waals surface area (Å²) in [5, 5.41) is 0. The zero-order valence-electron chi connectivity index (χ0n) is 15.2. The number of unbranched alkanes of at least 4 members (excludes halogenated alkanes) is 1. The van der Waals surface area contributed by atoms with E-state index in [0.29, 0.717) is 18.6 Å². The summed E-state index contributed by atoms with van der Waals surface area (Å²) in [6.45, 7) is 6.17. The van der Waals surface area contributed by atoms with Gasteiger partial charge in [-0.15, -0.1) is 0 Å². The summed E-state index contributed by atoms with van der Waals surface area (Å²) >= 11 is 0. The second-order valence-electron chi connectivity index (χ2n) is 5.97. The lowest BCUT2D eigenvalue weighted by Crippen LogP contribution is -2.14. The maximum Gasteiger partial charge on any atom is 0.330 e. The fraction of sp³-hybridized carbons (Fsp3) is 0.500. The largest absolute Gasteiger partial charge is 0.493 e. The minimum absolute atomic E-state index is 0.0456. The molecule has 140 valence electrons. The van der Waals surface area contributed by atoms with Crippen LogP contribution >= 0.6 is 0 Å². The number of carbonyl (C=O) groups is 1. The van der Waals surface area contributed by atoms with Gasteiger partial charge in [-0.05, 0) is 36.1 Å². The van der Waals surface area contributed by atoms with Gasteiger partial charge in [-0.1, -0.05) is 33.3 Å². The Labute approximate surface area is 149 Å². The van der Waals surface area contributed by atoms with Crippen LogP contribution in [-0.2, 0) is 19.6 Å². The Morgan fingerprint density at radius 2 is 1.96 bits per heavy atom. The van der Waals surface area contributed by atoms with Gasteiger partial charge < -0.3 is 13.7 Å². The minimum Gasteiger partial charge on any atom is -0.493 e. The predicted octanol–water partition coefficient (Wildman–Crippen LogP) is 3.42. The molecule has 7 heteroatoms. The lowest BCUT2D eigenvalue weighted by molar-refractivity contribution is -0.138. The first kappa shape index (κ1) is 21.0. The first-order valence-corrected chi connectivity index (χ1v) is 9.80. The van der Waals surface area contributed by atoms with Crippen molar-refractivity contribution < 1.29 is 26.9 Å². The van der Waals surface area contributed by atoms with Crippen molar-refractivity contribution >= 4 is 22.2 Å². The third kappa shape index (κ3) is 8.07. The summed E-state index contributed by atoms with van der Waals surface area (Å²) in [7, 11) is -2.23. The molecule has 6 nitrogen and oxygen atoms in total. The first-order valence-electron chi connectivity index (χ1n) is 8.22. The number of methoxy groups -OCH3 is 1. The Morgan fingerprint density at radius 1 is 1.24 bits per heavy atom. The van der Waals surface area contributed by atoms with Crippen molar-refractivity contribution in [2.75, 3.05) is 19.5 Å². The molecular formula is C18H26O6S. The van der Waals surface area contributed by atoms with Crippen molar-refractivity contribution in [3.63, 3.8) is 0 Å². The average Bonchev–Trinajstić information content (AvgIpc) is 2.56. The van der Waals surface area contributed by atoms with Gasteiger partial charge in [0.2, 0.25) is 0 Å². The molecule has 0 radical (unpaired) electrons. The van der Waals surface area contributed by atoms with Crippen LogP contribution < -0.4 is 8.92 Å². The lowest BCUT2D eigenvalue weighted by Gasteiger charge is -2.11. The first-order chi connectivity index (χ1) is 11.8. The van der Waals surface area contributed by atoms with E-state index in [1.165, 1.54) is 19.3 Å². The van der Waals surface area contributed by atoms with Crippen LogP contribution in [0.15, 0.2) is 24.3 Å². The Hall–Kier alpha value is -2.02. The fourth-order valence-electron chi connectivity index (χ4n) is 1.82. The van der Waals surface area contributed by atoms with Gasteiger partial charge in [-0.3, -0.25) is 0 Å². The highest BCUT2D eigenvalue weighted by Gasteiger charge is 2.15. The summed E-state index contributed by atoms with van der Waals surface area (Å²) in [6, 6.07) is 4.73. The molecule has 0 N–H and O–H groups in total. The van der Waals surface area contributed by atoms with Gasteiger partial charge in [0.25, 0.3) is 0 Å². The SMILES string of the molecule is CCCCS(=O)(=O)Oc1ccc(/C=C/C(=O)OCC(C)C)cc1OC. The van der Waals surface area contributed by atoms with Gasteiger partial charge in [0, 0.05) is 6.08 Å². The molecule has 1 aromatic rings. The van der Waals surface area contributed by atoms with Crippen molar-refractivity contribution in [2.45, 2.75) is 33.6 Å². The molecule has 0 aliphatic rings. The molecule has 0 spiro atoms. The summed E-state index contributed by atoms with van der Waals surface area (Å²) in [4.78, 5) is 11.6. The van der Waals surface area contributed by atoms with Crippen LogP contribution in [0.5, 0.6) is 11.5 Å². The molecule has 0 amide bonds. The number of benzene rings is 1. The van der Waals surface area contributed by atoms with E-state index in [4.69, 9.17) is 13.7 Å². The van der Waals surface area contributed by atoms with Crippen molar-refractivity contribution in [2.24, 2.45) is 5.92 Å². The zero-order chi connectivity index (χ0) is 18.9. The van der Waals surface area contributed by atoms with E-state index in [2.05, 4.69) is 0 Å². The molecule has 0 aliphatic carbocycles. The van der Waals surface area contributed by atoms with Gasteiger partial charge in [0.05, 0.1) is 19.5 Å². The highest BCUT2D eigenvalue weighted by atomic mass is 32.2. The Balaban J connectivity index is 2.82. The van der Waals surface area contributed by atoms with E-state index in [1.54, 1.807) is 18.2 Å². The fourth-order valence-corrected chi connectivity index (χ4v) is 2.95. The summed E-state index contributed by atoms with van der Waals surface area (Å²) < 4.78 is 39.1. The monoisotopic (exact) mass is 370 g/mol. The maximum absolute atomic E-state index is 11.9. The Bertz CT molecular complexity index is 692. The zero-order valence-corrected chi connectivity index (χ0v) is 16.0. The molecule has 0 unspecified atom stereocenters. The molecule has 0 fully saturated rings. The number of rotatable bonds is 10. The molecule has 1 rings (SSSR count). The highest BCUT2D eigenvalue weighted by molar-refractivity contribution is 7.87. The molecule has 0 aliphatic heterocycles. The molecule has 0 heterocycles. The second-order valence-corrected chi connectivity index (χ2v) is 7.66. The van der Waals surface area contributed by atoms with Crippen molar-refractivity contribution in [3.8, 4) is 11.5 Å². The highest BCUT2D eigenvalue weighted by Crippen LogP contribution is 2.30. The third-order valence-corrected chi connectivity index (χ3v) is 4.35. The minimum atomic E-state index is -3.66. The van der Waals surface area contributed by atoms with E-state index in [-0.39, 0.29) is 23.2 Å². The van der Waals surface area contributed by atoms with Crippen LogP contribution in [0.4, 0.5) is 0 Å². The molecule has 1 aromatic carbocycles. The number of carbonyl (C=O) groups excluding carboxylic acids is 1. The van der Waals surface area contributed by atoms with Gasteiger partial charge in [-0.2, -0.15) is 8.42 Å². The lowest BCUT2D eigenvalue weighted by atomic mass is 10.2. The summed E-state index contributed by atoms with van der Waals surface area (Å²) in [5.41, 5.74) is 0.664. The standard InChI is InChI=1S/C18H26O6S/c1-5-6-11-25(20,21)24-16-9-7-15(12-17(16)22-4)8-10-18(19)23-13-14(2)3/h7-10,12,14H,5-6,11,13H2,1-4H3/b10-8+. The summed E-state index contributed by atoms with van der Waals surface area (Å²) in [6.07, 6.45) is 4.18. The average molecular weight is 370 g/mol. The van der Waals surface area contributed by atoms with Crippen LogP contribution in [0.2, 0.25) is 0 Å². The van der Waals surface area contributed by atoms with Gasteiger partial charge in [-0.25, -0.2) is 4.79 Å². The topological polar surface area (TPSA) is 78.9 Å². The van der Waals surface area contributed by atoms with Crippen molar-refractivity contribution in [3.05, 3.63) is 29.8 Å². The molecular weight excluding hydrogens is 344 g/mol. The van der Waals surface area contributed by atoms with Crippen LogP contribution in [-0.4, -0.2) is 33.9 Å². The van der Waals surface area contributed by atoms with Gasteiger partial charge in [0.15, 0.2) is 11.5 Å². The van der Waals surface area contributed by atoms with Crippen LogP contribution in [0.1, 0.15) is 39.2 Å². The quantitative estimate of drug-likeness (QED) is 0.357. The molecule has 0 saturated heterocycles. The number of esters is 1. The van der Waals surface area contributed by atoms with Gasteiger partial charge in [0.1, 0.15) is 0 Å². The smallest absolute Gasteiger partial charge is 0.330 e. The molecule has 0 aromatic heterocycles. The van der Waals surface area contributed by atoms with Crippen molar-refractivity contribution in [1.29, 1.82) is 0 Å². The molecule has 0 saturated carbocycles. The maximum atomic E-state index is 11.9. The number of ether oxygens (including phenoxy) is 2. The van der Waals surface area contributed by atoms with E-state index in [0.717, 1.165) is 6.42 Å². The predicted molar refractivity (Wildman–Crippen MR) is 97.1 cm³/mol. The van der Waals surface area contributed by atoms with Crippen molar-refractivity contribution in [1.82, 2.24) is 0 Å². The van der Waals surface area contributed by atoms with Crippen LogP contribution in [0.25, 0.3) is 6.08 Å². The van der Waals surface area contributed by atoms with Crippen LogP contribution in [0.3, 0.4) is 0 Å². The molecule has 25 heavy (non-hydrogen) atoms. The van der Waals surface area contributed by atoms with E-state index >= 15 is 0 Å². The number of hydrogen-bond donors (Lipinski definition) is 0. The third-order valence-electron chi connectivity index (χ3n) is 3.12. The van der Waals surface area contributed by atoms with E-state index in [1.807, 2.05) is 20.8 Å². The normalized spacial score (nSPS) is 11.7. The number of hydrogen-bond acceptors (Lipinski definition) is 6. The second kappa shape index (κ2) is 10.1. The van der Waals surface area contributed by atoms with E-state index in [9.17, 15) is 13.2 Å². The molecule has 0 bridgehead atoms. The Kier molecular flexibility index (Phi) is 8.48. The molecule has 0 atom stereocenters. The van der Waals surface area contributed by atoms with Gasteiger partial charge >= 0.3 is 16.1 Å². The van der Waals surface area contributed by atoms with Crippen LogP contribution in [0, 0.1) is 5.92 Å². The van der Waals surface area contributed by atoms with E-state index < -0.39 is 16.1 Å². The summed E-state index contributed by atoms with van der Waals surface area (Å²) in [5.74, 6) is 0.185.